The lowest BCUT2D eigenvalue weighted by molar-refractivity contribution is 0.211. The average Bonchev–Trinajstić information content (AvgIpc) is 2.52. The van der Waals surface area contributed by atoms with Gasteiger partial charge in [0.05, 0.1) is 7.11 Å². The van der Waals surface area contributed by atoms with Gasteiger partial charge in [-0.15, -0.1) is 0 Å². The van der Waals surface area contributed by atoms with Crippen molar-refractivity contribution in [3.8, 4) is 17.2 Å². The van der Waals surface area contributed by atoms with E-state index in [2.05, 4.69) is 15.9 Å². The summed E-state index contributed by atoms with van der Waals surface area (Å²) in [6, 6.07) is 15.6. The van der Waals surface area contributed by atoms with Crippen LogP contribution in [0.25, 0.3) is 0 Å². The predicted octanol–water partition coefficient (Wildman–Crippen LogP) is 4.05. The summed E-state index contributed by atoms with van der Waals surface area (Å²) >= 11 is 3.42. The van der Waals surface area contributed by atoms with Gasteiger partial charge in [0, 0.05) is 5.33 Å². The zero-order valence-corrected chi connectivity index (χ0v) is 12.9. The first kappa shape index (κ1) is 14.7. The van der Waals surface area contributed by atoms with E-state index in [1.165, 1.54) is 0 Å². The molecule has 2 aromatic carbocycles. The third kappa shape index (κ3) is 4.17. The Morgan fingerprint density at radius 2 is 1.65 bits per heavy atom. The summed E-state index contributed by atoms with van der Waals surface area (Å²) in [5, 5.41) is 0.792. The molecule has 4 heteroatoms. The number of methoxy groups -OCH3 is 1. The largest absolute Gasteiger partial charge is 0.493 e. The maximum absolute atomic E-state index is 5.68. The molecule has 0 radical (unpaired) electrons. The van der Waals surface area contributed by atoms with Gasteiger partial charge in [-0.3, -0.25) is 0 Å². The molecule has 3 nitrogen and oxygen atoms in total. The molecule has 0 fully saturated rings. The van der Waals surface area contributed by atoms with Crippen LogP contribution in [0, 0.1) is 0 Å². The highest BCUT2D eigenvalue weighted by Gasteiger charge is 2.05. The molecule has 0 amide bonds. The van der Waals surface area contributed by atoms with Crippen molar-refractivity contribution in [2.75, 3.05) is 20.3 Å². The minimum Gasteiger partial charge on any atom is -0.493 e. The Morgan fingerprint density at radius 1 is 0.900 bits per heavy atom. The zero-order valence-electron chi connectivity index (χ0n) is 11.3. The average molecular weight is 337 g/mol. The van der Waals surface area contributed by atoms with Gasteiger partial charge in [0.25, 0.3) is 0 Å². The maximum atomic E-state index is 5.68. The standard InChI is InChI=1S/C16H17BrO3/c1-18-16-11-13(12-17)7-8-15(16)20-10-9-19-14-5-3-2-4-6-14/h2-8,11H,9-10,12H2,1H3. The van der Waals surface area contributed by atoms with Crippen molar-refractivity contribution in [3.05, 3.63) is 54.1 Å². The Hall–Kier alpha value is -1.68. The molecule has 0 saturated carbocycles. The van der Waals surface area contributed by atoms with Gasteiger partial charge in [0.15, 0.2) is 11.5 Å². The lowest BCUT2D eigenvalue weighted by Gasteiger charge is -2.12. The van der Waals surface area contributed by atoms with E-state index in [0.29, 0.717) is 13.2 Å². The lowest BCUT2D eigenvalue weighted by Crippen LogP contribution is -2.09. The molecule has 106 valence electrons. The van der Waals surface area contributed by atoms with E-state index in [-0.39, 0.29) is 0 Å². The number of rotatable bonds is 7. The van der Waals surface area contributed by atoms with Crippen molar-refractivity contribution in [2.24, 2.45) is 0 Å². The van der Waals surface area contributed by atoms with E-state index in [1.807, 2.05) is 48.5 Å². The molecule has 2 aromatic rings. The number of alkyl halides is 1. The summed E-state index contributed by atoms with van der Waals surface area (Å²) in [5.41, 5.74) is 1.15. The van der Waals surface area contributed by atoms with Gasteiger partial charge in [-0.1, -0.05) is 40.2 Å². The van der Waals surface area contributed by atoms with Crippen molar-refractivity contribution >= 4 is 15.9 Å². The van der Waals surface area contributed by atoms with Crippen LogP contribution in [-0.2, 0) is 5.33 Å². The van der Waals surface area contributed by atoms with E-state index < -0.39 is 0 Å². The van der Waals surface area contributed by atoms with Crippen molar-refractivity contribution in [1.29, 1.82) is 0 Å². The van der Waals surface area contributed by atoms with Gasteiger partial charge in [-0.2, -0.15) is 0 Å². The monoisotopic (exact) mass is 336 g/mol. The molecule has 0 unspecified atom stereocenters. The first-order chi connectivity index (χ1) is 9.83. The first-order valence-corrected chi connectivity index (χ1v) is 7.49. The highest BCUT2D eigenvalue weighted by Crippen LogP contribution is 2.28. The van der Waals surface area contributed by atoms with Crippen LogP contribution in [0.15, 0.2) is 48.5 Å². The van der Waals surface area contributed by atoms with Crippen LogP contribution in [0.1, 0.15) is 5.56 Å². The summed E-state index contributed by atoms with van der Waals surface area (Å²) in [6.07, 6.45) is 0. The Bertz CT molecular complexity index is 529. The van der Waals surface area contributed by atoms with Crippen molar-refractivity contribution in [3.63, 3.8) is 0 Å². The summed E-state index contributed by atoms with van der Waals surface area (Å²) in [4.78, 5) is 0. The van der Waals surface area contributed by atoms with Gasteiger partial charge in [-0.05, 0) is 29.8 Å². The minimum atomic E-state index is 0.471. The zero-order chi connectivity index (χ0) is 14.2. The molecule has 20 heavy (non-hydrogen) atoms. The second-order valence-corrected chi connectivity index (χ2v) is 4.69. The lowest BCUT2D eigenvalue weighted by atomic mass is 10.2. The highest BCUT2D eigenvalue weighted by molar-refractivity contribution is 9.08. The van der Waals surface area contributed by atoms with Gasteiger partial charge >= 0.3 is 0 Å². The van der Waals surface area contributed by atoms with Crippen LogP contribution in [0.4, 0.5) is 0 Å². The minimum absolute atomic E-state index is 0.471. The van der Waals surface area contributed by atoms with Crippen molar-refractivity contribution < 1.29 is 14.2 Å². The molecule has 0 aliphatic heterocycles. The molecule has 0 atom stereocenters. The number of hydrogen-bond acceptors (Lipinski definition) is 3. The Kier molecular flexibility index (Phi) is 5.74. The molecule has 0 saturated heterocycles. The molecular formula is C16H17BrO3. The van der Waals surface area contributed by atoms with Crippen LogP contribution in [0.2, 0.25) is 0 Å². The Labute approximate surface area is 127 Å². The summed E-state index contributed by atoms with van der Waals surface area (Å²) in [5.74, 6) is 2.31. The van der Waals surface area contributed by atoms with Crippen LogP contribution in [0.3, 0.4) is 0 Å². The molecule has 0 aliphatic carbocycles. The molecule has 0 aromatic heterocycles. The maximum Gasteiger partial charge on any atom is 0.161 e. The third-order valence-corrected chi connectivity index (χ3v) is 3.38. The first-order valence-electron chi connectivity index (χ1n) is 6.37. The van der Waals surface area contributed by atoms with Gasteiger partial charge in [0.2, 0.25) is 0 Å². The summed E-state index contributed by atoms with van der Waals surface area (Å²) in [7, 11) is 1.64. The Morgan fingerprint density at radius 3 is 2.35 bits per heavy atom. The molecule has 0 aliphatic rings. The third-order valence-electron chi connectivity index (χ3n) is 2.74. The number of benzene rings is 2. The molecule has 0 heterocycles. The molecule has 0 N–H and O–H groups in total. The highest BCUT2D eigenvalue weighted by atomic mass is 79.9. The molecular weight excluding hydrogens is 320 g/mol. The smallest absolute Gasteiger partial charge is 0.161 e. The van der Waals surface area contributed by atoms with Crippen LogP contribution in [-0.4, -0.2) is 20.3 Å². The SMILES string of the molecule is COc1cc(CBr)ccc1OCCOc1ccccc1. The topological polar surface area (TPSA) is 27.7 Å². The van der Waals surface area contributed by atoms with E-state index >= 15 is 0 Å². The van der Waals surface area contributed by atoms with Gasteiger partial charge in [-0.25, -0.2) is 0 Å². The van der Waals surface area contributed by atoms with Crippen LogP contribution < -0.4 is 14.2 Å². The number of hydrogen-bond donors (Lipinski definition) is 0. The fraction of sp³-hybridized carbons (Fsp3) is 0.250. The second-order valence-electron chi connectivity index (χ2n) is 4.13. The van der Waals surface area contributed by atoms with E-state index in [0.717, 1.165) is 28.1 Å². The number of ether oxygens (including phenoxy) is 3. The molecule has 0 spiro atoms. The van der Waals surface area contributed by atoms with Crippen LogP contribution >= 0.6 is 15.9 Å². The Balaban J connectivity index is 1.85. The summed E-state index contributed by atoms with van der Waals surface area (Å²) < 4.78 is 16.6. The fourth-order valence-electron chi connectivity index (χ4n) is 1.74. The molecule has 2 rings (SSSR count). The number of halogens is 1. The predicted molar refractivity (Wildman–Crippen MR) is 83.1 cm³/mol. The number of para-hydroxylation sites is 1. The van der Waals surface area contributed by atoms with Gasteiger partial charge < -0.3 is 14.2 Å². The molecule has 0 bridgehead atoms. The van der Waals surface area contributed by atoms with E-state index in [4.69, 9.17) is 14.2 Å². The fourth-order valence-corrected chi connectivity index (χ4v) is 2.09. The van der Waals surface area contributed by atoms with E-state index in [1.54, 1.807) is 7.11 Å². The van der Waals surface area contributed by atoms with E-state index in [9.17, 15) is 0 Å². The second kappa shape index (κ2) is 7.80. The van der Waals surface area contributed by atoms with Crippen LogP contribution in [0.5, 0.6) is 17.2 Å². The normalized spacial score (nSPS) is 10.1. The quantitative estimate of drug-likeness (QED) is 0.564. The van der Waals surface area contributed by atoms with Crippen molar-refractivity contribution in [2.45, 2.75) is 5.33 Å². The summed E-state index contributed by atoms with van der Waals surface area (Å²) in [6.45, 7) is 0.965. The van der Waals surface area contributed by atoms with Gasteiger partial charge in [0.1, 0.15) is 19.0 Å². The van der Waals surface area contributed by atoms with Crippen molar-refractivity contribution in [1.82, 2.24) is 0 Å².